The third-order valence-electron chi connectivity index (χ3n) is 3.56. The van der Waals surface area contributed by atoms with Gasteiger partial charge in [-0.1, -0.05) is 42.7 Å². The van der Waals surface area contributed by atoms with Crippen LogP contribution in [0.1, 0.15) is 44.0 Å². The van der Waals surface area contributed by atoms with Gasteiger partial charge in [-0.15, -0.1) is 24.0 Å². The highest BCUT2D eigenvalue weighted by Crippen LogP contribution is 2.10. The van der Waals surface area contributed by atoms with Crippen LogP contribution in [0.3, 0.4) is 0 Å². The van der Waals surface area contributed by atoms with Crippen LogP contribution in [-0.2, 0) is 12.8 Å². The van der Waals surface area contributed by atoms with Gasteiger partial charge in [0.2, 0.25) is 5.89 Å². The molecule has 1 aromatic carbocycles. The topological polar surface area (TPSA) is 75.3 Å². The van der Waals surface area contributed by atoms with E-state index in [0.717, 1.165) is 36.3 Å². The molecule has 0 aliphatic carbocycles. The molecule has 8 heteroatoms. The Morgan fingerprint density at radius 1 is 1.19 bits per heavy atom. The third kappa shape index (κ3) is 7.90. The Kier molecular flexibility index (Phi) is 10.6. The van der Waals surface area contributed by atoms with Crippen LogP contribution in [0, 0.1) is 0 Å². The smallest absolute Gasteiger partial charge is 0.228 e. The Hall–Kier alpha value is -1.35. The summed E-state index contributed by atoms with van der Waals surface area (Å²) in [5, 5.41) is 11.3. The number of benzene rings is 1. The van der Waals surface area contributed by atoms with Crippen molar-refractivity contribution in [3.05, 3.63) is 46.6 Å². The van der Waals surface area contributed by atoms with Crippen LogP contribution >= 0.6 is 35.6 Å². The van der Waals surface area contributed by atoms with Gasteiger partial charge in [-0.2, -0.15) is 4.98 Å². The zero-order valence-electron chi connectivity index (χ0n) is 15.5. The monoisotopic (exact) mass is 491 g/mol. The summed E-state index contributed by atoms with van der Waals surface area (Å²) >= 11 is 5.90. The Bertz CT molecular complexity index is 672. The number of halogens is 2. The minimum Gasteiger partial charge on any atom is -0.357 e. The zero-order chi connectivity index (χ0) is 18.1. The first-order valence-electron chi connectivity index (χ1n) is 8.67. The average molecular weight is 492 g/mol. The van der Waals surface area contributed by atoms with Gasteiger partial charge in [0.15, 0.2) is 11.8 Å². The van der Waals surface area contributed by atoms with E-state index in [-0.39, 0.29) is 29.9 Å². The van der Waals surface area contributed by atoms with Gasteiger partial charge in [-0.3, -0.25) is 4.99 Å². The van der Waals surface area contributed by atoms with Crippen molar-refractivity contribution < 1.29 is 4.52 Å². The second kappa shape index (κ2) is 12.1. The number of nitrogens with one attached hydrogen (secondary N) is 2. The van der Waals surface area contributed by atoms with Gasteiger partial charge < -0.3 is 15.2 Å². The van der Waals surface area contributed by atoms with Crippen LogP contribution < -0.4 is 10.6 Å². The number of aromatic nitrogens is 2. The molecule has 0 bridgehead atoms. The Morgan fingerprint density at radius 2 is 1.92 bits per heavy atom. The maximum absolute atomic E-state index is 5.90. The van der Waals surface area contributed by atoms with Crippen molar-refractivity contribution in [3.8, 4) is 0 Å². The van der Waals surface area contributed by atoms with Crippen LogP contribution in [0.4, 0.5) is 0 Å². The summed E-state index contributed by atoms with van der Waals surface area (Å²) in [5.74, 6) is 2.43. The van der Waals surface area contributed by atoms with E-state index in [1.54, 1.807) is 0 Å². The molecule has 6 nitrogen and oxygen atoms in total. The van der Waals surface area contributed by atoms with Crippen LogP contribution in [0.25, 0.3) is 0 Å². The molecule has 0 unspecified atom stereocenters. The molecule has 0 spiro atoms. The lowest BCUT2D eigenvalue weighted by atomic mass is 10.1. The zero-order valence-corrected chi connectivity index (χ0v) is 18.5. The van der Waals surface area contributed by atoms with Crippen LogP contribution in [0.15, 0.2) is 33.8 Å². The molecule has 0 atom stereocenters. The number of hydrogen-bond acceptors (Lipinski definition) is 4. The molecule has 2 N–H and O–H groups in total. The van der Waals surface area contributed by atoms with Crippen LogP contribution in [-0.4, -0.2) is 35.7 Å². The summed E-state index contributed by atoms with van der Waals surface area (Å²) in [6.45, 7) is 8.33. The summed E-state index contributed by atoms with van der Waals surface area (Å²) in [5.41, 5.74) is 1.24. The minimum absolute atomic E-state index is 0. The lowest BCUT2D eigenvalue weighted by Crippen LogP contribution is -2.38. The van der Waals surface area contributed by atoms with E-state index in [0.29, 0.717) is 18.9 Å². The first kappa shape index (κ1) is 22.7. The first-order valence-corrected chi connectivity index (χ1v) is 9.05. The number of guanidine groups is 1. The number of hydrogen-bond donors (Lipinski definition) is 2. The van der Waals surface area contributed by atoms with Gasteiger partial charge in [-0.25, -0.2) is 0 Å². The maximum atomic E-state index is 5.90. The second-order valence-electron chi connectivity index (χ2n) is 6.01. The fourth-order valence-corrected chi connectivity index (χ4v) is 2.31. The first-order chi connectivity index (χ1) is 12.1. The summed E-state index contributed by atoms with van der Waals surface area (Å²) in [6.07, 6.45) is 1.54. The van der Waals surface area contributed by atoms with Crippen molar-refractivity contribution in [2.75, 3.05) is 19.6 Å². The molecule has 1 aromatic heterocycles. The largest absolute Gasteiger partial charge is 0.357 e. The average Bonchev–Trinajstić information content (AvgIpc) is 3.06. The predicted octanol–water partition coefficient (Wildman–Crippen LogP) is 3.80. The molecule has 26 heavy (non-hydrogen) atoms. The summed E-state index contributed by atoms with van der Waals surface area (Å²) in [7, 11) is 0. The predicted molar refractivity (Wildman–Crippen MR) is 117 cm³/mol. The van der Waals surface area contributed by atoms with Crippen LogP contribution in [0.5, 0.6) is 0 Å². The van der Waals surface area contributed by atoms with Gasteiger partial charge in [0.25, 0.3) is 0 Å². The molecule has 144 valence electrons. The number of nitrogens with zero attached hydrogens (tertiary/aromatic N) is 3. The fraction of sp³-hybridized carbons (Fsp3) is 0.500. The van der Waals surface area contributed by atoms with Crippen molar-refractivity contribution >= 4 is 41.5 Å². The van der Waals surface area contributed by atoms with E-state index in [1.807, 2.05) is 45.0 Å². The molecule has 2 rings (SSSR count). The van der Waals surface area contributed by atoms with E-state index < -0.39 is 0 Å². The molecular weight excluding hydrogens is 465 g/mol. The Labute approximate surface area is 177 Å². The van der Waals surface area contributed by atoms with Crippen LogP contribution in [0.2, 0.25) is 5.02 Å². The van der Waals surface area contributed by atoms with E-state index in [4.69, 9.17) is 16.1 Å². The van der Waals surface area contributed by atoms with Crippen molar-refractivity contribution in [1.29, 1.82) is 0 Å². The minimum atomic E-state index is 0. The summed E-state index contributed by atoms with van der Waals surface area (Å²) in [6, 6.07) is 7.89. The highest BCUT2D eigenvalue weighted by molar-refractivity contribution is 14.0. The maximum Gasteiger partial charge on any atom is 0.228 e. The fourth-order valence-electron chi connectivity index (χ4n) is 2.19. The van der Waals surface area contributed by atoms with Crippen molar-refractivity contribution in [1.82, 2.24) is 20.8 Å². The van der Waals surface area contributed by atoms with Crippen molar-refractivity contribution in [2.24, 2.45) is 4.99 Å². The van der Waals surface area contributed by atoms with Crippen molar-refractivity contribution in [3.63, 3.8) is 0 Å². The molecular formula is C18H27ClIN5O. The quantitative estimate of drug-likeness (QED) is 0.334. The number of aliphatic imine (C=N–C) groups is 1. The standard InChI is InChI=1S/C18H26ClN5O.HI/c1-4-20-18(21-11-9-14-5-7-15(19)8-6-14)22-12-10-16-23-17(13(2)3)24-25-16;/h5-8,13H,4,9-12H2,1-3H3,(H2,20,21,22);1H. The SMILES string of the molecule is CCNC(=NCCc1nc(C(C)C)no1)NCCc1ccc(Cl)cc1.I. The van der Waals surface area contributed by atoms with Gasteiger partial charge in [-0.05, 0) is 31.0 Å². The van der Waals surface area contributed by atoms with E-state index in [1.165, 1.54) is 5.56 Å². The highest BCUT2D eigenvalue weighted by atomic mass is 127. The van der Waals surface area contributed by atoms with Gasteiger partial charge >= 0.3 is 0 Å². The molecule has 1 heterocycles. The molecule has 0 aliphatic heterocycles. The third-order valence-corrected chi connectivity index (χ3v) is 3.81. The second-order valence-corrected chi connectivity index (χ2v) is 6.45. The molecule has 0 saturated carbocycles. The molecule has 0 aliphatic rings. The molecule has 2 aromatic rings. The Morgan fingerprint density at radius 3 is 2.54 bits per heavy atom. The molecule has 0 radical (unpaired) electrons. The lowest BCUT2D eigenvalue weighted by Gasteiger charge is -2.11. The van der Waals surface area contributed by atoms with Gasteiger partial charge in [0, 0.05) is 30.5 Å². The Balaban J connectivity index is 0.00000338. The number of rotatable bonds is 8. The molecule has 0 amide bonds. The molecule has 0 saturated heterocycles. The van der Waals surface area contributed by atoms with E-state index >= 15 is 0 Å². The van der Waals surface area contributed by atoms with E-state index in [9.17, 15) is 0 Å². The van der Waals surface area contributed by atoms with Gasteiger partial charge in [0.1, 0.15) is 0 Å². The van der Waals surface area contributed by atoms with Gasteiger partial charge in [0.05, 0.1) is 6.54 Å². The lowest BCUT2D eigenvalue weighted by molar-refractivity contribution is 0.372. The highest BCUT2D eigenvalue weighted by Gasteiger charge is 2.09. The normalized spacial score (nSPS) is 11.3. The molecule has 0 fully saturated rings. The summed E-state index contributed by atoms with van der Waals surface area (Å²) < 4.78 is 5.23. The van der Waals surface area contributed by atoms with E-state index in [2.05, 4.69) is 25.8 Å². The summed E-state index contributed by atoms with van der Waals surface area (Å²) in [4.78, 5) is 8.92. The van der Waals surface area contributed by atoms with Crippen molar-refractivity contribution in [2.45, 2.75) is 39.5 Å².